The second kappa shape index (κ2) is 9.90. The molecule has 0 fully saturated rings. The Morgan fingerprint density at radius 2 is 1.16 bits per heavy atom. The van der Waals surface area contributed by atoms with E-state index in [1.807, 2.05) is 0 Å². The highest BCUT2D eigenvalue weighted by Gasteiger charge is 2.43. The van der Waals surface area contributed by atoms with E-state index < -0.39 is 20.7 Å². The molecule has 0 bridgehead atoms. The quantitative estimate of drug-likeness (QED) is 0.351. The van der Waals surface area contributed by atoms with Crippen LogP contribution in [-0.2, 0) is 32.3 Å². The van der Waals surface area contributed by atoms with Crippen LogP contribution in [0.2, 0.25) is 0 Å². The lowest BCUT2D eigenvalue weighted by atomic mass is 10.7. The van der Waals surface area contributed by atoms with Gasteiger partial charge in [0, 0.05) is 19.8 Å². The molecular formula is C11H22O7Si. The summed E-state index contributed by atoms with van der Waals surface area (Å²) in [6.45, 7) is 8.16. The molecule has 0 radical (unpaired) electrons. The SMILES string of the molecule is CCOC(=O)C(=O)OC[Si](OCC)(OCC)OCC. The topological polar surface area (TPSA) is 80.3 Å². The molecule has 0 aromatic rings. The van der Waals surface area contributed by atoms with E-state index in [9.17, 15) is 9.59 Å². The van der Waals surface area contributed by atoms with Crippen molar-refractivity contribution in [2.45, 2.75) is 27.7 Å². The molecule has 0 amide bonds. The van der Waals surface area contributed by atoms with Gasteiger partial charge < -0.3 is 22.8 Å². The maximum absolute atomic E-state index is 11.4. The molecule has 0 saturated carbocycles. The summed E-state index contributed by atoms with van der Waals surface area (Å²) in [5.41, 5.74) is 0. The second-order valence-electron chi connectivity index (χ2n) is 3.28. The number of carbonyl (C=O) groups excluding carboxylic acids is 2. The van der Waals surface area contributed by atoms with Gasteiger partial charge in [0.25, 0.3) is 0 Å². The van der Waals surface area contributed by atoms with Gasteiger partial charge in [0.15, 0.2) is 6.23 Å². The summed E-state index contributed by atoms with van der Waals surface area (Å²) in [5, 5.41) is 0. The highest BCUT2D eigenvalue weighted by molar-refractivity contribution is 6.61. The van der Waals surface area contributed by atoms with Crippen molar-refractivity contribution in [1.82, 2.24) is 0 Å². The van der Waals surface area contributed by atoms with Gasteiger partial charge in [-0.25, -0.2) is 9.59 Å². The Bertz CT molecular complexity index is 265. The summed E-state index contributed by atoms with van der Waals surface area (Å²) in [6.07, 6.45) is -0.208. The Morgan fingerprint density at radius 3 is 1.53 bits per heavy atom. The monoisotopic (exact) mass is 294 g/mol. The van der Waals surface area contributed by atoms with Crippen LogP contribution in [0.15, 0.2) is 0 Å². The van der Waals surface area contributed by atoms with E-state index >= 15 is 0 Å². The van der Waals surface area contributed by atoms with Gasteiger partial charge in [0.1, 0.15) is 0 Å². The van der Waals surface area contributed by atoms with Crippen LogP contribution in [0.4, 0.5) is 0 Å². The van der Waals surface area contributed by atoms with E-state index in [-0.39, 0.29) is 12.8 Å². The van der Waals surface area contributed by atoms with Crippen LogP contribution >= 0.6 is 0 Å². The molecule has 0 N–H and O–H groups in total. The normalized spacial score (nSPS) is 11.2. The Balaban J connectivity index is 4.54. The molecule has 0 aliphatic carbocycles. The first-order chi connectivity index (χ1) is 9.05. The minimum atomic E-state index is -3.08. The minimum absolute atomic E-state index is 0.110. The van der Waals surface area contributed by atoms with Crippen molar-refractivity contribution in [2.75, 3.05) is 32.7 Å². The van der Waals surface area contributed by atoms with E-state index in [1.54, 1.807) is 27.7 Å². The van der Waals surface area contributed by atoms with Crippen LogP contribution < -0.4 is 0 Å². The van der Waals surface area contributed by atoms with E-state index in [1.165, 1.54) is 0 Å². The zero-order chi connectivity index (χ0) is 14.7. The highest BCUT2D eigenvalue weighted by atomic mass is 28.4. The van der Waals surface area contributed by atoms with Crippen molar-refractivity contribution in [3.63, 3.8) is 0 Å². The fraction of sp³-hybridized carbons (Fsp3) is 0.818. The fourth-order valence-corrected chi connectivity index (χ4v) is 3.44. The Labute approximate surface area is 114 Å². The van der Waals surface area contributed by atoms with Crippen LogP contribution in [0.1, 0.15) is 27.7 Å². The van der Waals surface area contributed by atoms with Crippen LogP contribution in [0.5, 0.6) is 0 Å². The van der Waals surface area contributed by atoms with Crippen molar-refractivity contribution >= 4 is 20.7 Å². The van der Waals surface area contributed by atoms with Crippen molar-refractivity contribution in [1.29, 1.82) is 0 Å². The molecule has 19 heavy (non-hydrogen) atoms. The maximum Gasteiger partial charge on any atom is 0.540 e. The van der Waals surface area contributed by atoms with Gasteiger partial charge in [-0.2, -0.15) is 0 Å². The second-order valence-corrected chi connectivity index (χ2v) is 5.80. The molecule has 7 nitrogen and oxygen atoms in total. The van der Waals surface area contributed by atoms with Crippen molar-refractivity contribution < 1.29 is 32.3 Å². The van der Waals surface area contributed by atoms with E-state index in [0.29, 0.717) is 19.8 Å². The zero-order valence-electron chi connectivity index (χ0n) is 11.9. The number of carbonyl (C=O) groups is 2. The lowest BCUT2D eigenvalue weighted by molar-refractivity contribution is -0.167. The maximum atomic E-state index is 11.4. The predicted octanol–water partition coefficient (Wildman–Crippen LogP) is 0.680. The summed E-state index contributed by atoms with van der Waals surface area (Å²) in [7, 11) is -3.08. The van der Waals surface area contributed by atoms with Gasteiger partial charge in [-0.1, -0.05) is 0 Å². The van der Waals surface area contributed by atoms with Gasteiger partial charge in [0.05, 0.1) is 6.61 Å². The molecule has 0 spiro atoms. The average molecular weight is 294 g/mol. The Kier molecular flexibility index (Phi) is 9.40. The summed E-state index contributed by atoms with van der Waals surface area (Å²) in [4.78, 5) is 22.5. The third kappa shape index (κ3) is 6.67. The van der Waals surface area contributed by atoms with E-state index in [4.69, 9.17) is 18.0 Å². The van der Waals surface area contributed by atoms with Crippen LogP contribution in [-0.4, -0.2) is 53.4 Å². The van der Waals surface area contributed by atoms with Crippen LogP contribution in [0, 0.1) is 0 Å². The third-order valence-electron chi connectivity index (χ3n) is 1.91. The van der Waals surface area contributed by atoms with Crippen molar-refractivity contribution in [3.05, 3.63) is 0 Å². The standard InChI is InChI=1S/C11H22O7Si/c1-5-14-10(12)11(13)15-9-19(16-6-2,17-7-3)18-8-4/h5-9H2,1-4H3. The Hall–Kier alpha value is -0.963. The van der Waals surface area contributed by atoms with Gasteiger partial charge >= 0.3 is 20.7 Å². The van der Waals surface area contributed by atoms with Crippen LogP contribution in [0.3, 0.4) is 0 Å². The van der Waals surface area contributed by atoms with Gasteiger partial charge in [-0.05, 0) is 27.7 Å². The molecule has 0 rings (SSSR count). The summed E-state index contributed by atoms with van der Waals surface area (Å²) < 4.78 is 25.8. The van der Waals surface area contributed by atoms with Crippen molar-refractivity contribution in [3.8, 4) is 0 Å². The molecule has 0 aliphatic heterocycles. The summed E-state index contributed by atoms with van der Waals surface area (Å²) in [5.74, 6) is -2.10. The number of esters is 2. The molecule has 112 valence electrons. The molecule has 0 unspecified atom stereocenters. The highest BCUT2D eigenvalue weighted by Crippen LogP contribution is 2.11. The molecule has 0 saturated heterocycles. The average Bonchev–Trinajstić information content (AvgIpc) is 2.37. The Morgan fingerprint density at radius 1 is 0.737 bits per heavy atom. The van der Waals surface area contributed by atoms with E-state index in [0.717, 1.165) is 0 Å². The molecule has 0 heterocycles. The molecule has 0 aromatic carbocycles. The van der Waals surface area contributed by atoms with E-state index in [2.05, 4.69) is 4.74 Å². The van der Waals surface area contributed by atoms with Gasteiger partial charge in [0.2, 0.25) is 0 Å². The first kappa shape index (κ1) is 18.0. The lowest BCUT2D eigenvalue weighted by Gasteiger charge is -2.27. The predicted molar refractivity (Wildman–Crippen MR) is 68.2 cm³/mol. The molecule has 0 aromatic heterocycles. The first-order valence-corrected chi connectivity index (χ1v) is 8.24. The largest absolute Gasteiger partial charge is 0.540 e. The molecular weight excluding hydrogens is 272 g/mol. The summed E-state index contributed by atoms with van der Waals surface area (Å²) in [6, 6.07) is 0. The minimum Gasteiger partial charge on any atom is -0.458 e. The van der Waals surface area contributed by atoms with Crippen molar-refractivity contribution in [2.24, 2.45) is 0 Å². The third-order valence-corrected chi connectivity index (χ3v) is 4.60. The lowest BCUT2D eigenvalue weighted by Crippen LogP contribution is -2.51. The molecule has 0 atom stereocenters. The number of rotatable bonds is 9. The summed E-state index contributed by atoms with van der Waals surface area (Å²) >= 11 is 0. The molecule has 8 heteroatoms. The smallest absolute Gasteiger partial charge is 0.458 e. The fourth-order valence-electron chi connectivity index (χ4n) is 1.31. The van der Waals surface area contributed by atoms with Gasteiger partial charge in [-0.15, -0.1) is 0 Å². The van der Waals surface area contributed by atoms with Crippen LogP contribution in [0.25, 0.3) is 0 Å². The first-order valence-electron chi connectivity index (χ1n) is 6.30. The zero-order valence-corrected chi connectivity index (χ0v) is 12.9. The number of hydrogen-bond acceptors (Lipinski definition) is 7. The number of hydrogen-bond donors (Lipinski definition) is 0. The number of ether oxygens (including phenoxy) is 2. The molecule has 0 aliphatic rings. The van der Waals surface area contributed by atoms with Gasteiger partial charge in [-0.3, -0.25) is 0 Å².